The number of anilines is 1. The zero-order valence-electron chi connectivity index (χ0n) is 9.08. The number of hydrogen-bond acceptors (Lipinski definition) is 6. The highest BCUT2D eigenvalue weighted by Crippen LogP contribution is 2.18. The van der Waals surface area contributed by atoms with Crippen LogP contribution in [-0.4, -0.2) is 35.7 Å². The van der Waals surface area contributed by atoms with Gasteiger partial charge in [-0.1, -0.05) is 11.6 Å². The number of H-pyrrole nitrogens is 1. The SMILES string of the molecule is COc1cc(Cl)nc(NS(=O)(=O)c2cn[nH]c2)n1. The van der Waals surface area contributed by atoms with Crippen molar-refractivity contribution < 1.29 is 13.2 Å². The molecule has 2 heterocycles. The molecule has 2 N–H and O–H groups in total. The Morgan fingerprint density at radius 3 is 2.83 bits per heavy atom. The topological polar surface area (TPSA) is 110 Å². The quantitative estimate of drug-likeness (QED) is 0.800. The van der Waals surface area contributed by atoms with Crippen LogP contribution >= 0.6 is 11.6 Å². The fraction of sp³-hybridized carbons (Fsp3) is 0.125. The number of aromatic amines is 1. The summed E-state index contributed by atoms with van der Waals surface area (Å²) in [4.78, 5) is 7.50. The summed E-state index contributed by atoms with van der Waals surface area (Å²) < 4.78 is 30.7. The van der Waals surface area contributed by atoms with E-state index in [4.69, 9.17) is 16.3 Å². The molecule has 0 aromatic carbocycles. The summed E-state index contributed by atoms with van der Waals surface area (Å²) in [6.45, 7) is 0. The van der Waals surface area contributed by atoms with Gasteiger partial charge in [0.15, 0.2) is 0 Å². The van der Waals surface area contributed by atoms with Gasteiger partial charge in [-0.2, -0.15) is 10.1 Å². The second kappa shape index (κ2) is 4.78. The summed E-state index contributed by atoms with van der Waals surface area (Å²) in [5, 5.41) is 6.00. The number of methoxy groups -OCH3 is 1. The van der Waals surface area contributed by atoms with Crippen LogP contribution in [0, 0.1) is 0 Å². The lowest BCUT2D eigenvalue weighted by Crippen LogP contribution is -2.14. The summed E-state index contributed by atoms with van der Waals surface area (Å²) in [6, 6.07) is 1.36. The van der Waals surface area contributed by atoms with E-state index < -0.39 is 10.0 Å². The lowest BCUT2D eigenvalue weighted by Gasteiger charge is -2.06. The maximum atomic E-state index is 11.8. The second-order valence-electron chi connectivity index (χ2n) is 3.10. The second-order valence-corrected chi connectivity index (χ2v) is 5.17. The third-order valence-corrected chi connectivity index (χ3v) is 3.38. The lowest BCUT2D eigenvalue weighted by molar-refractivity contribution is 0.397. The Kier molecular flexibility index (Phi) is 3.34. The van der Waals surface area contributed by atoms with E-state index in [2.05, 4.69) is 24.9 Å². The molecule has 0 saturated heterocycles. The van der Waals surface area contributed by atoms with Crippen LogP contribution in [0.2, 0.25) is 5.15 Å². The largest absolute Gasteiger partial charge is 0.481 e. The Balaban J connectivity index is 2.32. The molecule has 2 aromatic rings. The van der Waals surface area contributed by atoms with Crippen molar-refractivity contribution >= 4 is 27.6 Å². The zero-order chi connectivity index (χ0) is 13.2. The van der Waals surface area contributed by atoms with Gasteiger partial charge in [0.1, 0.15) is 10.0 Å². The average molecular weight is 290 g/mol. The minimum absolute atomic E-state index is 0.0370. The van der Waals surface area contributed by atoms with Crippen molar-refractivity contribution in [3.63, 3.8) is 0 Å². The van der Waals surface area contributed by atoms with Crippen molar-refractivity contribution in [1.29, 1.82) is 0 Å². The van der Waals surface area contributed by atoms with Gasteiger partial charge < -0.3 is 4.74 Å². The molecule has 96 valence electrons. The molecule has 18 heavy (non-hydrogen) atoms. The number of nitrogens with one attached hydrogen (secondary N) is 2. The molecule has 0 unspecified atom stereocenters. The number of sulfonamides is 1. The molecule has 0 aliphatic carbocycles. The van der Waals surface area contributed by atoms with E-state index >= 15 is 0 Å². The molecule has 0 saturated carbocycles. The molecule has 2 aromatic heterocycles. The third kappa shape index (κ3) is 2.68. The first-order valence-corrected chi connectivity index (χ1v) is 6.47. The summed E-state index contributed by atoms with van der Waals surface area (Å²) >= 11 is 5.70. The first-order valence-electron chi connectivity index (χ1n) is 4.61. The number of rotatable bonds is 4. The molecule has 0 radical (unpaired) electrons. The lowest BCUT2D eigenvalue weighted by atomic mass is 10.6. The normalized spacial score (nSPS) is 11.2. The Bertz CT molecular complexity index is 643. The molecule has 8 nitrogen and oxygen atoms in total. The van der Waals surface area contributed by atoms with Gasteiger partial charge >= 0.3 is 0 Å². The van der Waals surface area contributed by atoms with E-state index in [1.807, 2.05) is 0 Å². The van der Waals surface area contributed by atoms with Gasteiger partial charge in [-0.3, -0.25) is 5.10 Å². The van der Waals surface area contributed by atoms with Crippen molar-refractivity contribution in [1.82, 2.24) is 20.2 Å². The summed E-state index contributed by atoms with van der Waals surface area (Å²) in [5.74, 6) is -0.0274. The van der Waals surface area contributed by atoms with Gasteiger partial charge in [0.2, 0.25) is 11.8 Å². The standard InChI is InChI=1S/C8H8ClN5O3S/c1-17-7-2-6(9)12-8(13-7)14-18(15,16)5-3-10-11-4-5/h2-4H,1H3,(H,10,11)(H,12,13,14). The van der Waals surface area contributed by atoms with Crippen molar-refractivity contribution in [2.75, 3.05) is 11.8 Å². The van der Waals surface area contributed by atoms with Crippen LogP contribution in [0.4, 0.5) is 5.95 Å². The molecule has 0 aliphatic rings. The zero-order valence-corrected chi connectivity index (χ0v) is 10.7. The summed E-state index contributed by atoms with van der Waals surface area (Å²) in [5.41, 5.74) is 0. The highest BCUT2D eigenvalue weighted by atomic mass is 35.5. The third-order valence-electron chi connectivity index (χ3n) is 1.89. The molecule has 0 bridgehead atoms. The Morgan fingerprint density at radius 2 is 2.22 bits per heavy atom. The summed E-state index contributed by atoms with van der Waals surface area (Å²) in [7, 11) is -2.41. The smallest absolute Gasteiger partial charge is 0.267 e. The minimum Gasteiger partial charge on any atom is -0.481 e. The molecular weight excluding hydrogens is 282 g/mol. The Morgan fingerprint density at radius 1 is 1.44 bits per heavy atom. The molecule has 0 fully saturated rings. The maximum Gasteiger partial charge on any atom is 0.267 e. The van der Waals surface area contributed by atoms with E-state index in [1.54, 1.807) is 0 Å². The van der Waals surface area contributed by atoms with Gasteiger partial charge in [0.25, 0.3) is 10.0 Å². The molecule has 10 heteroatoms. The Labute approximate surface area is 107 Å². The van der Waals surface area contributed by atoms with Crippen LogP contribution in [0.15, 0.2) is 23.4 Å². The molecular formula is C8H8ClN5O3S. The van der Waals surface area contributed by atoms with E-state index in [9.17, 15) is 8.42 Å². The van der Waals surface area contributed by atoms with Crippen LogP contribution in [0.25, 0.3) is 0 Å². The number of nitrogens with zero attached hydrogens (tertiary/aromatic N) is 3. The van der Waals surface area contributed by atoms with Gasteiger partial charge in [0.05, 0.1) is 13.3 Å². The highest BCUT2D eigenvalue weighted by Gasteiger charge is 2.17. The number of hydrogen-bond donors (Lipinski definition) is 2. The van der Waals surface area contributed by atoms with Crippen LogP contribution in [0.1, 0.15) is 0 Å². The fourth-order valence-corrected chi connectivity index (χ4v) is 2.13. The van der Waals surface area contributed by atoms with Crippen molar-refractivity contribution in [2.24, 2.45) is 0 Å². The average Bonchev–Trinajstić information content (AvgIpc) is 2.81. The van der Waals surface area contributed by atoms with Crippen LogP contribution in [0.3, 0.4) is 0 Å². The van der Waals surface area contributed by atoms with E-state index in [-0.39, 0.29) is 21.9 Å². The van der Waals surface area contributed by atoms with Crippen LogP contribution < -0.4 is 9.46 Å². The van der Waals surface area contributed by atoms with E-state index in [0.29, 0.717) is 0 Å². The van der Waals surface area contributed by atoms with E-state index in [0.717, 1.165) is 6.20 Å². The van der Waals surface area contributed by atoms with Crippen molar-refractivity contribution in [3.05, 3.63) is 23.6 Å². The Hall–Kier alpha value is -1.87. The predicted octanol–water partition coefficient (Wildman–Crippen LogP) is 0.662. The molecule has 0 atom stereocenters. The van der Waals surface area contributed by atoms with Gasteiger partial charge in [-0.05, 0) is 0 Å². The van der Waals surface area contributed by atoms with Crippen LogP contribution in [0.5, 0.6) is 5.88 Å². The number of halogens is 1. The highest BCUT2D eigenvalue weighted by molar-refractivity contribution is 7.92. The van der Waals surface area contributed by atoms with Gasteiger partial charge in [-0.15, -0.1) is 0 Å². The summed E-state index contributed by atoms with van der Waals surface area (Å²) in [6.07, 6.45) is 2.38. The first kappa shape index (κ1) is 12.6. The number of ether oxygens (including phenoxy) is 1. The maximum absolute atomic E-state index is 11.8. The molecule has 0 amide bonds. The first-order chi connectivity index (χ1) is 8.51. The number of aromatic nitrogens is 4. The molecule has 2 rings (SSSR count). The van der Waals surface area contributed by atoms with Gasteiger partial charge in [-0.25, -0.2) is 18.1 Å². The fourth-order valence-electron chi connectivity index (χ4n) is 1.11. The van der Waals surface area contributed by atoms with Crippen molar-refractivity contribution in [3.8, 4) is 5.88 Å². The molecule has 0 spiro atoms. The van der Waals surface area contributed by atoms with Crippen molar-refractivity contribution in [2.45, 2.75) is 4.90 Å². The van der Waals surface area contributed by atoms with E-state index in [1.165, 1.54) is 19.4 Å². The minimum atomic E-state index is -3.79. The monoisotopic (exact) mass is 289 g/mol. The predicted molar refractivity (Wildman–Crippen MR) is 63.0 cm³/mol. The molecule has 0 aliphatic heterocycles. The van der Waals surface area contributed by atoms with Crippen LogP contribution in [-0.2, 0) is 10.0 Å². The van der Waals surface area contributed by atoms with Gasteiger partial charge in [0, 0.05) is 12.3 Å².